The Morgan fingerprint density at radius 1 is 0.637 bits per heavy atom. The van der Waals surface area contributed by atoms with E-state index < -0.39 is 56.1 Å². The largest absolute Gasteiger partial charge is 0.420 e. The topological polar surface area (TPSA) is 276 Å². The second-order valence-electron chi connectivity index (χ2n) is 17.1. The minimum Gasteiger partial charge on any atom is -0.420 e. The van der Waals surface area contributed by atoms with Gasteiger partial charge in [0.15, 0.2) is 21.5 Å². The van der Waals surface area contributed by atoms with Crippen molar-refractivity contribution < 1.29 is 97.3 Å². The number of rotatable bonds is 44. The van der Waals surface area contributed by atoms with Gasteiger partial charge in [-0.1, -0.05) is 19.1 Å². The summed E-state index contributed by atoms with van der Waals surface area (Å²) in [5.74, 6) is -11.8. The lowest BCUT2D eigenvalue weighted by Gasteiger charge is -2.22. The number of esters is 1. The van der Waals surface area contributed by atoms with Crippen LogP contribution in [0, 0.1) is 23.3 Å². The molecular formula is C52H72F4N6O17S. The zero-order chi connectivity index (χ0) is 57.8. The van der Waals surface area contributed by atoms with E-state index in [4.69, 9.17) is 57.9 Å². The first-order chi connectivity index (χ1) is 38.7. The average Bonchev–Trinajstić information content (AvgIpc) is 3.74. The van der Waals surface area contributed by atoms with Gasteiger partial charge in [0.05, 0.1) is 151 Å². The van der Waals surface area contributed by atoms with Gasteiger partial charge >= 0.3 is 5.97 Å². The summed E-state index contributed by atoms with van der Waals surface area (Å²) in [6, 6.07) is 5.69. The second kappa shape index (κ2) is 38.9. The molecule has 0 fully saturated rings. The summed E-state index contributed by atoms with van der Waals surface area (Å²) in [4.78, 5) is 54.6. The number of nitrogens with zero attached hydrogens (tertiary/aromatic N) is 4. The van der Waals surface area contributed by atoms with Crippen LogP contribution in [0.5, 0.6) is 5.75 Å². The number of hydrogen-bond acceptors (Lipinski definition) is 21. The van der Waals surface area contributed by atoms with Crippen LogP contribution >= 0.6 is 0 Å². The highest BCUT2D eigenvalue weighted by Gasteiger charge is 2.33. The number of hydroxylamine groups is 2. The zero-order valence-corrected chi connectivity index (χ0v) is 45.9. The number of carbonyl (C=O) groups excluding carboxylic acids is 3. The summed E-state index contributed by atoms with van der Waals surface area (Å²) < 4.78 is 138. The van der Waals surface area contributed by atoms with E-state index in [1.54, 1.807) is 18.5 Å². The molecule has 28 heteroatoms. The maximum absolute atomic E-state index is 14.1. The molecule has 3 N–H and O–H groups in total. The molecule has 1 aliphatic rings. The smallest absolute Gasteiger partial charge is 0.313 e. The van der Waals surface area contributed by atoms with E-state index >= 15 is 0 Å². The van der Waals surface area contributed by atoms with E-state index in [1.165, 1.54) is 11.4 Å². The van der Waals surface area contributed by atoms with E-state index in [9.17, 15) is 40.4 Å². The number of nitrogens with two attached hydrogens (primary N) is 1. The van der Waals surface area contributed by atoms with Gasteiger partial charge in [0, 0.05) is 61.3 Å². The van der Waals surface area contributed by atoms with Crippen molar-refractivity contribution in [2.45, 2.75) is 43.9 Å². The maximum atomic E-state index is 14.1. The lowest BCUT2D eigenvalue weighted by Crippen LogP contribution is -2.34. The van der Waals surface area contributed by atoms with Crippen molar-refractivity contribution in [3.63, 3.8) is 0 Å². The second-order valence-corrected chi connectivity index (χ2v) is 19.0. The highest BCUT2D eigenvalue weighted by Crippen LogP contribution is 2.34. The van der Waals surface area contributed by atoms with Gasteiger partial charge in [-0.3, -0.25) is 19.2 Å². The molecule has 1 aliphatic heterocycles. The highest BCUT2D eigenvalue weighted by molar-refractivity contribution is 7.90. The minimum absolute atomic E-state index is 0.0437. The van der Waals surface area contributed by atoms with Crippen LogP contribution in [0.25, 0.3) is 17.2 Å². The van der Waals surface area contributed by atoms with Crippen LogP contribution < -0.4 is 15.8 Å². The van der Waals surface area contributed by atoms with Crippen LogP contribution in [0.15, 0.2) is 52.4 Å². The molecule has 0 aliphatic carbocycles. The average molecular weight is 1160 g/mol. The molecule has 0 unspecified atom stereocenters. The van der Waals surface area contributed by atoms with Gasteiger partial charge in [0.1, 0.15) is 17.1 Å². The Bertz CT molecular complexity index is 2490. The number of nitrogens with one attached hydrogen (secondary N) is 1. The first kappa shape index (κ1) is 66.9. The van der Waals surface area contributed by atoms with Crippen LogP contribution in [0.3, 0.4) is 0 Å². The van der Waals surface area contributed by atoms with Crippen molar-refractivity contribution in [2.24, 2.45) is 10.7 Å². The SMILES string of the molecule is CCCN(OCCCC(=O)NCCOCCOCCOCCOCCOCCOCCOCCOCCOCCOCCC(=O)Oc1c(F)c(F)c(S(C)(=O)=O)c(F)c1F)C(=O)C1=Cc2ccc(-c3cncnc3)cc2N=C(N)C1. The number of aromatic nitrogens is 2. The number of carbonyl (C=O) groups is 3. The van der Waals surface area contributed by atoms with Gasteiger partial charge in [-0.05, 0) is 30.5 Å². The molecule has 0 atom stereocenters. The lowest BCUT2D eigenvalue weighted by molar-refractivity contribution is -0.182. The molecule has 0 bridgehead atoms. The lowest BCUT2D eigenvalue weighted by atomic mass is 10.0. The van der Waals surface area contributed by atoms with E-state index in [2.05, 4.69) is 25.0 Å². The van der Waals surface area contributed by atoms with Crippen molar-refractivity contribution in [1.29, 1.82) is 0 Å². The summed E-state index contributed by atoms with van der Waals surface area (Å²) in [5.41, 5.74) is 9.80. The molecule has 4 rings (SSSR count). The van der Waals surface area contributed by atoms with Gasteiger partial charge in [0.25, 0.3) is 5.91 Å². The molecule has 3 aromatic rings. The van der Waals surface area contributed by atoms with Crippen molar-refractivity contribution in [1.82, 2.24) is 20.3 Å². The van der Waals surface area contributed by atoms with Gasteiger partial charge in [-0.15, -0.1) is 0 Å². The number of amidine groups is 1. The van der Waals surface area contributed by atoms with Gasteiger partial charge in [-0.2, -0.15) is 8.78 Å². The molecule has 0 saturated carbocycles. The fraction of sp³-hybridized carbons (Fsp3) is 0.577. The fourth-order valence-electron chi connectivity index (χ4n) is 6.91. The molecule has 1 aromatic heterocycles. The molecule has 2 heterocycles. The predicted octanol–water partition coefficient (Wildman–Crippen LogP) is 4.11. The summed E-state index contributed by atoms with van der Waals surface area (Å²) in [5, 5.41) is 4.14. The van der Waals surface area contributed by atoms with Crippen molar-refractivity contribution in [3.8, 4) is 16.9 Å². The van der Waals surface area contributed by atoms with E-state index in [-0.39, 0.29) is 64.3 Å². The third kappa shape index (κ3) is 25.9. The Labute approximate surface area is 462 Å². The van der Waals surface area contributed by atoms with E-state index in [0.717, 1.165) is 16.7 Å². The number of aliphatic imine (C=N–C) groups is 1. The third-order valence-electron chi connectivity index (χ3n) is 10.7. The van der Waals surface area contributed by atoms with Crippen LogP contribution in [0.2, 0.25) is 0 Å². The highest BCUT2D eigenvalue weighted by atomic mass is 32.2. The van der Waals surface area contributed by atoms with Gasteiger partial charge < -0.3 is 63.2 Å². The van der Waals surface area contributed by atoms with Crippen LogP contribution in [0.4, 0.5) is 23.2 Å². The normalized spacial score (nSPS) is 12.4. The van der Waals surface area contributed by atoms with Crippen molar-refractivity contribution in [2.75, 3.05) is 158 Å². The Morgan fingerprint density at radius 2 is 1.11 bits per heavy atom. The molecular weight excluding hydrogens is 1090 g/mol. The first-order valence-corrected chi connectivity index (χ1v) is 27.8. The molecule has 446 valence electrons. The number of sulfone groups is 1. The molecule has 2 amide bonds. The number of halogens is 4. The predicted molar refractivity (Wildman–Crippen MR) is 279 cm³/mol. The van der Waals surface area contributed by atoms with Gasteiger partial charge in [-0.25, -0.2) is 37.2 Å². The van der Waals surface area contributed by atoms with Crippen LogP contribution in [0.1, 0.15) is 44.6 Å². The quantitative estimate of drug-likeness (QED) is 0.0201. The summed E-state index contributed by atoms with van der Waals surface area (Å²) in [6.45, 7) is 8.95. The molecule has 23 nitrogen and oxygen atoms in total. The Hall–Kier alpha value is -5.63. The van der Waals surface area contributed by atoms with Crippen LogP contribution in [-0.4, -0.2) is 205 Å². The monoisotopic (exact) mass is 1160 g/mol. The summed E-state index contributed by atoms with van der Waals surface area (Å²) in [6.07, 6.45) is 7.97. The Balaban J connectivity index is 0.838. The minimum atomic E-state index is -4.65. The standard InChI is InChI=1S/C52H72F4N6O17S/c1-3-10-62(52(65)40-32-39-7-6-38(41-35-58-37-59-36-41)33-42(39)61-43(57)34-40)78-11-4-5-44(63)60-9-13-69-15-17-71-19-21-73-23-25-75-27-29-77-31-30-76-28-26-74-24-22-72-20-18-70-16-14-68-12-8-45(64)79-50-46(53)48(55)51(80(2,66)67)49(56)47(50)54/h6-7,32-33,35-37H,3-5,8-31,34H2,1-2H3,(H2,57,61)(H,60,63). The molecule has 80 heavy (non-hydrogen) atoms. The van der Waals surface area contributed by atoms with Gasteiger partial charge in [0.2, 0.25) is 23.3 Å². The zero-order valence-electron chi connectivity index (χ0n) is 45.1. The maximum Gasteiger partial charge on any atom is 0.313 e. The molecule has 0 saturated heterocycles. The number of benzene rings is 2. The molecule has 0 radical (unpaired) electrons. The molecule has 2 aromatic carbocycles. The number of ether oxygens (including phenoxy) is 11. The van der Waals surface area contributed by atoms with E-state index in [1.807, 2.05) is 25.1 Å². The number of hydrogen-bond donors (Lipinski definition) is 2. The third-order valence-corrected chi connectivity index (χ3v) is 11.8. The Morgan fingerprint density at radius 3 is 1.59 bits per heavy atom. The van der Waals surface area contributed by atoms with E-state index in [0.29, 0.717) is 148 Å². The Kier molecular flexibility index (Phi) is 32.5. The van der Waals surface area contributed by atoms with Crippen molar-refractivity contribution >= 4 is 45.2 Å². The number of fused-ring (bicyclic) bond motifs is 1. The van der Waals surface area contributed by atoms with Crippen molar-refractivity contribution in [3.05, 3.63) is 71.3 Å². The number of amides is 2. The summed E-state index contributed by atoms with van der Waals surface area (Å²) in [7, 11) is -4.65. The fourth-order valence-corrected chi connectivity index (χ4v) is 7.74. The first-order valence-electron chi connectivity index (χ1n) is 25.9. The molecule has 0 spiro atoms. The van der Waals surface area contributed by atoms with Crippen LogP contribution in [-0.2, 0) is 76.4 Å². The summed E-state index contributed by atoms with van der Waals surface area (Å²) >= 11 is 0.